The third-order valence-electron chi connectivity index (χ3n) is 2.47. The molecule has 0 aromatic heterocycles. The molecular weight excluding hydrogens is 208 g/mol. The van der Waals surface area contributed by atoms with Crippen LogP contribution in [0.25, 0.3) is 0 Å². The average Bonchev–Trinajstić information content (AvgIpc) is 2.13. The van der Waals surface area contributed by atoms with Gasteiger partial charge in [-0.25, -0.2) is 0 Å². The summed E-state index contributed by atoms with van der Waals surface area (Å²) in [4.78, 5) is 0. The maximum Gasteiger partial charge on any atom is 0.0929 e. The molecule has 0 radical (unpaired) electrons. The predicted molar refractivity (Wildman–Crippen MR) is 68.4 cm³/mol. The predicted octanol–water partition coefficient (Wildman–Crippen LogP) is 3.55. The van der Waals surface area contributed by atoms with E-state index in [0.29, 0.717) is 12.0 Å². The summed E-state index contributed by atoms with van der Waals surface area (Å²) in [5, 5.41) is 0. The average molecular weight is 234 g/mol. The molecule has 0 N–H and O–H groups in total. The first-order chi connectivity index (χ1) is 6.83. The smallest absolute Gasteiger partial charge is 0.0929 e. The highest BCUT2D eigenvalue weighted by atomic mass is 32.2. The molecule has 2 nitrogen and oxygen atoms in total. The Balaban J connectivity index is 3.62. The summed E-state index contributed by atoms with van der Waals surface area (Å²) in [6.07, 6.45) is 1.21. The molecular formula is C12H26O2S. The summed E-state index contributed by atoms with van der Waals surface area (Å²) < 4.78 is 10.8. The fourth-order valence-corrected chi connectivity index (χ4v) is 2.25. The van der Waals surface area contributed by atoms with Crippen LogP contribution < -0.4 is 0 Å². The minimum Gasteiger partial charge on any atom is -0.382 e. The standard InChI is InChI=1S/C12H26O2S/c1-7-11(2,3)9-15-10-14-12(4,5)8-13-6/h7-10H2,1-6H3. The van der Waals surface area contributed by atoms with E-state index in [1.165, 1.54) is 6.42 Å². The zero-order valence-corrected chi connectivity index (χ0v) is 11.9. The van der Waals surface area contributed by atoms with Gasteiger partial charge in [-0.3, -0.25) is 0 Å². The second-order valence-electron chi connectivity index (χ2n) is 5.32. The molecule has 0 aromatic rings. The topological polar surface area (TPSA) is 18.5 Å². The summed E-state index contributed by atoms with van der Waals surface area (Å²) in [7, 11) is 1.71. The van der Waals surface area contributed by atoms with Gasteiger partial charge in [-0.15, -0.1) is 11.8 Å². The van der Waals surface area contributed by atoms with Crippen molar-refractivity contribution in [2.45, 2.75) is 46.6 Å². The number of ether oxygens (including phenoxy) is 2. The van der Waals surface area contributed by atoms with E-state index in [1.807, 2.05) is 11.8 Å². The van der Waals surface area contributed by atoms with E-state index in [4.69, 9.17) is 9.47 Å². The van der Waals surface area contributed by atoms with E-state index < -0.39 is 0 Å². The molecule has 92 valence electrons. The number of rotatable bonds is 8. The Labute approximate surface area is 99.1 Å². The van der Waals surface area contributed by atoms with Crippen molar-refractivity contribution in [1.82, 2.24) is 0 Å². The van der Waals surface area contributed by atoms with Crippen LogP contribution in [0.2, 0.25) is 0 Å². The molecule has 0 rings (SSSR count). The molecule has 0 fully saturated rings. The van der Waals surface area contributed by atoms with E-state index in [-0.39, 0.29) is 5.60 Å². The zero-order valence-electron chi connectivity index (χ0n) is 11.1. The van der Waals surface area contributed by atoms with Gasteiger partial charge in [0.15, 0.2) is 0 Å². The largest absolute Gasteiger partial charge is 0.382 e. The summed E-state index contributed by atoms with van der Waals surface area (Å²) in [5.74, 6) is 1.90. The molecule has 0 atom stereocenters. The maximum atomic E-state index is 5.75. The highest BCUT2D eigenvalue weighted by molar-refractivity contribution is 7.99. The molecule has 0 bridgehead atoms. The quantitative estimate of drug-likeness (QED) is 0.472. The molecule has 0 amide bonds. The van der Waals surface area contributed by atoms with Crippen LogP contribution in [0.1, 0.15) is 41.0 Å². The Morgan fingerprint density at radius 1 is 1.13 bits per heavy atom. The fraction of sp³-hybridized carbons (Fsp3) is 1.00. The highest BCUT2D eigenvalue weighted by Gasteiger charge is 2.19. The molecule has 0 heterocycles. The van der Waals surface area contributed by atoms with Crippen LogP contribution in [0.3, 0.4) is 0 Å². The van der Waals surface area contributed by atoms with Crippen LogP contribution in [-0.2, 0) is 9.47 Å². The monoisotopic (exact) mass is 234 g/mol. The van der Waals surface area contributed by atoms with E-state index in [0.717, 1.165) is 11.7 Å². The van der Waals surface area contributed by atoms with Crippen LogP contribution in [-0.4, -0.2) is 31.0 Å². The Kier molecular flexibility index (Phi) is 6.89. The molecule has 0 saturated heterocycles. The van der Waals surface area contributed by atoms with Crippen molar-refractivity contribution in [2.24, 2.45) is 5.41 Å². The van der Waals surface area contributed by atoms with Gasteiger partial charge in [-0.2, -0.15) is 0 Å². The molecule has 3 heteroatoms. The molecule has 0 saturated carbocycles. The van der Waals surface area contributed by atoms with Gasteiger partial charge in [-0.1, -0.05) is 27.2 Å². The van der Waals surface area contributed by atoms with Crippen molar-refractivity contribution in [3.63, 3.8) is 0 Å². The minimum absolute atomic E-state index is 0.169. The summed E-state index contributed by atoms with van der Waals surface area (Å²) in [6, 6.07) is 0. The third-order valence-corrected chi connectivity index (χ3v) is 3.74. The Bertz CT molecular complexity index is 167. The van der Waals surface area contributed by atoms with Crippen molar-refractivity contribution < 1.29 is 9.47 Å². The van der Waals surface area contributed by atoms with Gasteiger partial charge in [-0.05, 0) is 19.3 Å². The van der Waals surface area contributed by atoms with Crippen molar-refractivity contribution >= 4 is 11.8 Å². The summed E-state index contributed by atoms with van der Waals surface area (Å²) in [5.41, 5.74) is 0.248. The second-order valence-corrected chi connectivity index (χ2v) is 6.25. The molecule has 0 aliphatic heterocycles. The number of hydrogen-bond donors (Lipinski definition) is 0. The molecule has 15 heavy (non-hydrogen) atoms. The first-order valence-electron chi connectivity index (χ1n) is 5.53. The van der Waals surface area contributed by atoms with Crippen LogP contribution >= 0.6 is 11.8 Å². The first-order valence-corrected chi connectivity index (χ1v) is 6.69. The summed E-state index contributed by atoms with van der Waals surface area (Å²) in [6.45, 7) is 11.6. The van der Waals surface area contributed by atoms with Gasteiger partial charge in [0, 0.05) is 12.9 Å². The minimum atomic E-state index is -0.169. The van der Waals surface area contributed by atoms with E-state index in [9.17, 15) is 0 Å². The van der Waals surface area contributed by atoms with Crippen LogP contribution in [0, 0.1) is 5.41 Å². The van der Waals surface area contributed by atoms with Crippen molar-refractivity contribution in [2.75, 3.05) is 25.4 Å². The van der Waals surface area contributed by atoms with Gasteiger partial charge in [0.2, 0.25) is 0 Å². The summed E-state index contributed by atoms with van der Waals surface area (Å²) >= 11 is 1.86. The number of hydrogen-bond acceptors (Lipinski definition) is 3. The lowest BCUT2D eigenvalue weighted by Gasteiger charge is -2.26. The molecule has 0 aliphatic carbocycles. The maximum absolute atomic E-state index is 5.75. The van der Waals surface area contributed by atoms with Crippen LogP contribution in [0.4, 0.5) is 0 Å². The third kappa shape index (κ3) is 8.12. The Morgan fingerprint density at radius 2 is 1.73 bits per heavy atom. The molecule has 0 unspecified atom stereocenters. The van der Waals surface area contributed by atoms with E-state index in [2.05, 4.69) is 34.6 Å². The lowest BCUT2D eigenvalue weighted by Crippen LogP contribution is -2.30. The van der Waals surface area contributed by atoms with Gasteiger partial charge in [0.1, 0.15) is 0 Å². The molecule has 0 aliphatic rings. The SMILES string of the molecule is CCC(C)(C)CSCOC(C)(C)COC. The number of thioether (sulfide) groups is 1. The van der Waals surface area contributed by atoms with Crippen molar-refractivity contribution in [1.29, 1.82) is 0 Å². The Hall–Kier alpha value is 0.270. The van der Waals surface area contributed by atoms with Crippen molar-refractivity contribution in [3.8, 4) is 0 Å². The van der Waals surface area contributed by atoms with Gasteiger partial charge < -0.3 is 9.47 Å². The van der Waals surface area contributed by atoms with Gasteiger partial charge >= 0.3 is 0 Å². The van der Waals surface area contributed by atoms with Gasteiger partial charge in [0.25, 0.3) is 0 Å². The van der Waals surface area contributed by atoms with E-state index >= 15 is 0 Å². The second kappa shape index (κ2) is 6.77. The molecule has 0 aromatic carbocycles. The van der Waals surface area contributed by atoms with Crippen LogP contribution in [0.5, 0.6) is 0 Å². The van der Waals surface area contributed by atoms with Crippen molar-refractivity contribution in [3.05, 3.63) is 0 Å². The lowest BCUT2D eigenvalue weighted by atomic mass is 9.93. The Morgan fingerprint density at radius 3 is 2.20 bits per heavy atom. The number of methoxy groups -OCH3 is 1. The zero-order chi connectivity index (χ0) is 11.9. The van der Waals surface area contributed by atoms with Crippen LogP contribution in [0.15, 0.2) is 0 Å². The molecule has 0 spiro atoms. The highest BCUT2D eigenvalue weighted by Crippen LogP contribution is 2.26. The van der Waals surface area contributed by atoms with E-state index in [1.54, 1.807) is 7.11 Å². The normalized spacial score (nSPS) is 13.2. The first kappa shape index (κ1) is 15.3. The lowest BCUT2D eigenvalue weighted by molar-refractivity contribution is -0.0441. The van der Waals surface area contributed by atoms with Gasteiger partial charge in [0.05, 0.1) is 18.1 Å². The fourth-order valence-electron chi connectivity index (χ4n) is 1.01.